The zero-order valence-corrected chi connectivity index (χ0v) is 15.4. The van der Waals surface area contributed by atoms with Gasteiger partial charge in [0, 0.05) is 13.0 Å². The Morgan fingerprint density at radius 1 is 1.04 bits per heavy atom. The van der Waals surface area contributed by atoms with E-state index in [0.29, 0.717) is 19.7 Å². The Kier molecular flexibility index (Phi) is 16.8. The maximum Gasteiger partial charge on any atom is 0.221 e. The second-order valence-corrected chi connectivity index (χ2v) is 6.13. The molecule has 0 radical (unpaired) electrons. The molecule has 0 heterocycles. The maximum absolute atomic E-state index is 11.7. The van der Waals surface area contributed by atoms with Crippen molar-refractivity contribution in [2.45, 2.75) is 78.1 Å². The molecule has 0 spiro atoms. The van der Waals surface area contributed by atoms with Gasteiger partial charge in [-0.05, 0) is 45.7 Å². The molecule has 136 valence electrons. The molecule has 0 aliphatic carbocycles. The van der Waals surface area contributed by atoms with Crippen LogP contribution in [0.4, 0.5) is 0 Å². The quantitative estimate of drug-likeness (QED) is 0.257. The van der Waals surface area contributed by atoms with Crippen LogP contribution in [-0.2, 0) is 4.79 Å². The fourth-order valence-electron chi connectivity index (χ4n) is 2.52. The van der Waals surface area contributed by atoms with Crippen LogP contribution in [-0.4, -0.2) is 42.3 Å². The Labute approximate surface area is 143 Å². The van der Waals surface area contributed by atoms with Gasteiger partial charge in [0.1, 0.15) is 0 Å². The number of rotatable bonds is 16. The number of aliphatic hydroxyl groups excluding tert-OH is 1. The van der Waals surface area contributed by atoms with E-state index in [1.165, 1.54) is 32.1 Å². The van der Waals surface area contributed by atoms with Gasteiger partial charge in [-0.3, -0.25) is 9.69 Å². The molecule has 2 N–H and O–H groups in total. The van der Waals surface area contributed by atoms with Crippen LogP contribution in [0.2, 0.25) is 0 Å². The van der Waals surface area contributed by atoms with Crippen molar-refractivity contribution in [3.8, 4) is 0 Å². The van der Waals surface area contributed by atoms with Gasteiger partial charge in [0.2, 0.25) is 5.91 Å². The SMILES string of the molecule is C/C=C/CCCC(=O)NCN(CC)CCCCCCCCCO. The minimum Gasteiger partial charge on any atom is -0.396 e. The summed E-state index contributed by atoms with van der Waals surface area (Å²) in [4.78, 5) is 14.0. The summed E-state index contributed by atoms with van der Waals surface area (Å²) >= 11 is 0. The molecule has 0 aromatic carbocycles. The van der Waals surface area contributed by atoms with Gasteiger partial charge in [-0.1, -0.05) is 51.2 Å². The number of amides is 1. The number of allylic oxidation sites excluding steroid dienone is 2. The van der Waals surface area contributed by atoms with Crippen LogP contribution in [0, 0.1) is 0 Å². The average Bonchev–Trinajstić information content (AvgIpc) is 2.56. The molecule has 4 heteroatoms. The molecule has 0 unspecified atom stereocenters. The molecule has 0 saturated heterocycles. The third-order valence-corrected chi connectivity index (χ3v) is 4.09. The number of hydrogen-bond acceptors (Lipinski definition) is 3. The first-order valence-corrected chi connectivity index (χ1v) is 9.45. The molecule has 0 saturated carbocycles. The summed E-state index contributed by atoms with van der Waals surface area (Å²) in [5, 5.41) is 11.7. The molecule has 0 rings (SSSR count). The van der Waals surface area contributed by atoms with Gasteiger partial charge in [0.25, 0.3) is 0 Å². The molecular weight excluding hydrogens is 288 g/mol. The summed E-state index contributed by atoms with van der Waals surface area (Å²) in [5.74, 6) is 0.164. The van der Waals surface area contributed by atoms with Crippen LogP contribution in [0.3, 0.4) is 0 Å². The van der Waals surface area contributed by atoms with Gasteiger partial charge in [0.05, 0.1) is 6.67 Å². The van der Waals surface area contributed by atoms with E-state index in [4.69, 9.17) is 5.11 Å². The standard InChI is InChI=1S/C19H38N2O2/c1-3-5-6-12-15-19(23)20-18-21(4-2)16-13-10-8-7-9-11-14-17-22/h3,5,22H,4,6-18H2,1-2H3,(H,20,23)/b5-3+. The maximum atomic E-state index is 11.7. The second-order valence-electron chi connectivity index (χ2n) is 6.13. The molecule has 0 bridgehead atoms. The lowest BCUT2D eigenvalue weighted by Crippen LogP contribution is -2.38. The number of nitrogens with zero attached hydrogens (tertiary/aromatic N) is 1. The molecule has 0 aromatic rings. The van der Waals surface area contributed by atoms with Gasteiger partial charge in [-0.2, -0.15) is 0 Å². The van der Waals surface area contributed by atoms with Crippen LogP contribution in [0.5, 0.6) is 0 Å². The third-order valence-electron chi connectivity index (χ3n) is 4.09. The second kappa shape index (κ2) is 17.5. The van der Waals surface area contributed by atoms with Crippen molar-refractivity contribution in [3.63, 3.8) is 0 Å². The minimum atomic E-state index is 0.164. The van der Waals surface area contributed by atoms with E-state index in [-0.39, 0.29) is 5.91 Å². The molecule has 0 aliphatic heterocycles. The predicted octanol–water partition coefficient (Wildman–Crippen LogP) is 3.85. The summed E-state index contributed by atoms with van der Waals surface area (Å²) in [6.07, 6.45) is 15.0. The lowest BCUT2D eigenvalue weighted by Gasteiger charge is -2.20. The zero-order chi connectivity index (χ0) is 17.2. The van der Waals surface area contributed by atoms with Crippen LogP contribution >= 0.6 is 0 Å². The number of carbonyl (C=O) groups is 1. The van der Waals surface area contributed by atoms with Crippen molar-refractivity contribution < 1.29 is 9.90 Å². The largest absolute Gasteiger partial charge is 0.396 e. The molecular formula is C19H38N2O2. The third kappa shape index (κ3) is 15.8. The Morgan fingerprint density at radius 3 is 2.30 bits per heavy atom. The highest BCUT2D eigenvalue weighted by atomic mass is 16.2. The zero-order valence-electron chi connectivity index (χ0n) is 15.4. The number of nitrogens with one attached hydrogen (secondary N) is 1. The van der Waals surface area contributed by atoms with Crippen LogP contribution < -0.4 is 5.32 Å². The van der Waals surface area contributed by atoms with Crippen molar-refractivity contribution in [3.05, 3.63) is 12.2 Å². The Morgan fingerprint density at radius 2 is 1.70 bits per heavy atom. The summed E-state index contributed by atoms with van der Waals surface area (Å²) < 4.78 is 0. The molecule has 4 nitrogen and oxygen atoms in total. The fourth-order valence-corrected chi connectivity index (χ4v) is 2.52. The summed E-state index contributed by atoms with van der Waals surface area (Å²) in [7, 11) is 0. The first kappa shape index (κ1) is 22.1. The first-order valence-electron chi connectivity index (χ1n) is 9.45. The van der Waals surface area contributed by atoms with Crippen molar-refractivity contribution in [1.82, 2.24) is 10.2 Å². The average molecular weight is 327 g/mol. The van der Waals surface area contributed by atoms with Crippen molar-refractivity contribution in [1.29, 1.82) is 0 Å². The minimum absolute atomic E-state index is 0.164. The highest BCUT2D eigenvalue weighted by Gasteiger charge is 2.05. The molecule has 0 atom stereocenters. The normalized spacial score (nSPS) is 11.5. The predicted molar refractivity (Wildman–Crippen MR) is 98.3 cm³/mol. The van der Waals surface area contributed by atoms with Crippen molar-refractivity contribution in [2.75, 3.05) is 26.4 Å². The van der Waals surface area contributed by atoms with Gasteiger partial charge in [-0.15, -0.1) is 0 Å². The number of aliphatic hydroxyl groups is 1. The number of hydrogen-bond donors (Lipinski definition) is 2. The molecule has 0 aliphatic rings. The summed E-state index contributed by atoms with van der Waals surface area (Å²) in [6, 6.07) is 0. The highest BCUT2D eigenvalue weighted by molar-refractivity contribution is 5.75. The van der Waals surface area contributed by atoms with Gasteiger partial charge in [-0.25, -0.2) is 0 Å². The Bertz CT molecular complexity index is 293. The summed E-state index contributed by atoms with van der Waals surface area (Å²) in [6.45, 7) is 7.20. The molecule has 23 heavy (non-hydrogen) atoms. The lowest BCUT2D eigenvalue weighted by atomic mass is 10.1. The first-order chi connectivity index (χ1) is 11.2. The topological polar surface area (TPSA) is 52.6 Å². The lowest BCUT2D eigenvalue weighted by molar-refractivity contribution is -0.121. The van der Waals surface area contributed by atoms with Crippen LogP contribution in [0.25, 0.3) is 0 Å². The van der Waals surface area contributed by atoms with Gasteiger partial charge < -0.3 is 10.4 Å². The van der Waals surface area contributed by atoms with E-state index < -0.39 is 0 Å². The van der Waals surface area contributed by atoms with E-state index in [9.17, 15) is 4.79 Å². The monoisotopic (exact) mass is 326 g/mol. The van der Waals surface area contributed by atoms with Gasteiger partial charge >= 0.3 is 0 Å². The van der Waals surface area contributed by atoms with E-state index in [1.807, 2.05) is 13.0 Å². The molecule has 1 amide bonds. The number of unbranched alkanes of at least 4 members (excludes halogenated alkanes) is 7. The van der Waals surface area contributed by atoms with Gasteiger partial charge in [0.15, 0.2) is 0 Å². The fraction of sp³-hybridized carbons (Fsp3) is 0.842. The Balaban J connectivity index is 3.52. The van der Waals surface area contributed by atoms with Crippen molar-refractivity contribution in [2.24, 2.45) is 0 Å². The van der Waals surface area contributed by atoms with E-state index in [1.54, 1.807) is 0 Å². The van der Waals surface area contributed by atoms with Crippen LogP contribution in [0.1, 0.15) is 78.1 Å². The highest BCUT2D eigenvalue weighted by Crippen LogP contribution is 2.07. The molecule has 0 fully saturated rings. The van der Waals surface area contributed by atoms with Crippen molar-refractivity contribution >= 4 is 5.91 Å². The van der Waals surface area contributed by atoms with E-state index in [0.717, 1.165) is 38.8 Å². The molecule has 0 aromatic heterocycles. The smallest absolute Gasteiger partial charge is 0.221 e. The number of carbonyl (C=O) groups excluding carboxylic acids is 1. The van der Waals surface area contributed by atoms with Crippen LogP contribution in [0.15, 0.2) is 12.2 Å². The van der Waals surface area contributed by atoms with E-state index >= 15 is 0 Å². The van der Waals surface area contributed by atoms with E-state index in [2.05, 4.69) is 23.2 Å². The Hall–Kier alpha value is -0.870. The summed E-state index contributed by atoms with van der Waals surface area (Å²) in [5.41, 5.74) is 0.